The Kier molecular flexibility index (Phi) is 4.07. The van der Waals surface area contributed by atoms with Crippen LogP contribution in [0.15, 0.2) is 16.6 Å². The molecule has 1 N–H and O–H groups in total. The van der Waals surface area contributed by atoms with Gasteiger partial charge in [0.2, 0.25) is 5.91 Å². The number of carbonyl (C=O) groups excluding carboxylic acids is 1. The summed E-state index contributed by atoms with van der Waals surface area (Å²) in [5, 5.41) is 10.0. The van der Waals surface area contributed by atoms with Gasteiger partial charge in [0.25, 0.3) is 0 Å². The summed E-state index contributed by atoms with van der Waals surface area (Å²) in [7, 11) is 0. The van der Waals surface area contributed by atoms with Gasteiger partial charge in [-0.1, -0.05) is 22.9 Å². The fourth-order valence-corrected chi connectivity index (χ4v) is 3.08. The Morgan fingerprint density at radius 3 is 2.89 bits per heavy atom. The first-order chi connectivity index (χ1) is 8.54. The quantitative estimate of drug-likeness (QED) is 0.911. The third-order valence-electron chi connectivity index (χ3n) is 3.44. The van der Waals surface area contributed by atoms with E-state index in [9.17, 15) is 9.90 Å². The van der Waals surface area contributed by atoms with E-state index in [4.69, 9.17) is 0 Å². The predicted octanol–water partition coefficient (Wildman–Crippen LogP) is 3.19. The van der Waals surface area contributed by atoms with Crippen LogP contribution < -0.4 is 4.90 Å². The summed E-state index contributed by atoms with van der Waals surface area (Å²) < 4.78 is 0.931. The van der Waals surface area contributed by atoms with E-state index in [1.54, 1.807) is 11.8 Å². The number of nitrogens with zero attached hydrogens (tertiary/aromatic N) is 1. The molecule has 0 saturated carbocycles. The zero-order chi connectivity index (χ0) is 13.3. The highest BCUT2D eigenvalue weighted by molar-refractivity contribution is 9.10. The van der Waals surface area contributed by atoms with Gasteiger partial charge in [-0.25, -0.2) is 0 Å². The minimum absolute atomic E-state index is 0.0650. The Balaban J connectivity index is 2.49. The number of aryl methyl sites for hydroxylation is 1. The van der Waals surface area contributed by atoms with E-state index in [1.165, 1.54) is 5.56 Å². The van der Waals surface area contributed by atoms with Gasteiger partial charge < -0.3 is 10.0 Å². The molecule has 2 rings (SSSR count). The number of rotatable bonds is 2. The van der Waals surface area contributed by atoms with Gasteiger partial charge in [-0.2, -0.15) is 0 Å². The lowest BCUT2D eigenvalue weighted by atomic mass is 9.97. The van der Waals surface area contributed by atoms with Crippen LogP contribution in [0.5, 0.6) is 0 Å². The first kappa shape index (κ1) is 13.6. The van der Waals surface area contributed by atoms with Crippen LogP contribution in [0.3, 0.4) is 0 Å². The van der Waals surface area contributed by atoms with Crippen molar-refractivity contribution in [1.82, 2.24) is 0 Å². The van der Waals surface area contributed by atoms with Gasteiger partial charge in [0.15, 0.2) is 0 Å². The van der Waals surface area contributed by atoms with Crippen LogP contribution in [-0.2, 0) is 11.2 Å². The van der Waals surface area contributed by atoms with E-state index in [0.29, 0.717) is 6.42 Å². The molecule has 0 fully saturated rings. The van der Waals surface area contributed by atoms with Gasteiger partial charge in [-0.15, -0.1) is 0 Å². The van der Waals surface area contributed by atoms with Crippen molar-refractivity contribution in [2.75, 3.05) is 11.4 Å². The van der Waals surface area contributed by atoms with Gasteiger partial charge in [0.1, 0.15) is 0 Å². The number of halogens is 1. The third kappa shape index (κ3) is 2.45. The van der Waals surface area contributed by atoms with Gasteiger partial charge in [-0.05, 0) is 42.5 Å². The Morgan fingerprint density at radius 1 is 1.56 bits per heavy atom. The smallest absolute Gasteiger partial charge is 0.223 e. The second-order valence-corrected chi connectivity index (χ2v) is 5.56. The number of amides is 1. The molecule has 1 aliphatic rings. The lowest BCUT2D eigenvalue weighted by Gasteiger charge is -2.30. The average Bonchev–Trinajstić information content (AvgIpc) is 2.36. The van der Waals surface area contributed by atoms with Gasteiger partial charge >= 0.3 is 0 Å². The van der Waals surface area contributed by atoms with Gasteiger partial charge in [0.05, 0.1) is 6.10 Å². The molecule has 1 amide bonds. The minimum Gasteiger partial charge on any atom is -0.388 e. The molecule has 0 bridgehead atoms. The first-order valence-electron chi connectivity index (χ1n) is 6.33. The maximum atomic E-state index is 11.6. The number of hydrogen-bond acceptors (Lipinski definition) is 2. The van der Waals surface area contributed by atoms with Crippen molar-refractivity contribution in [2.45, 2.75) is 39.2 Å². The molecule has 1 aromatic carbocycles. The molecule has 1 heterocycles. The SMILES string of the molecule is CC[C@@H](O)c1cc2c(cc1Br)CCCN2C(C)=O. The Labute approximate surface area is 116 Å². The molecule has 1 aliphatic heterocycles. The Morgan fingerprint density at radius 2 is 2.28 bits per heavy atom. The number of anilines is 1. The highest BCUT2D eigenvalue weighted by Crippen LogP contribution is 2.35. The molecule has 0 unspecified atom stereocenters. The lowest BCUT2D eigenvalue weighted by molar-refractivity contribution is -0.116. The molecule has 0 saturated heterocycles. The minimum atomic E-state index is -0.486. The van der Waals surface area contributed by atoms with Crippen molar-refractivity contribution >= 4 is 27.5 Å². The van der Waals surface area contributed by atoms with Gasteiger partial charge in [-0.3, -0.25) is 4.79 Å². The van der Waals surface area contributed by atoms with Crippen LogP contribution in [0.4, 0.5) is 5.69 Å². The predicted molar refractivity (Wildman–Crippen MR) is 75.7 cm³/mol. The van der Waals surface area contributed by atoms with Gasteiger partial charge in [0, 0.05) is 23.6 Å². The van der Waals surface area contributed by atoms with Crippen LogP contribution in [0.1, 0.15) is 43.9 Å². The summed E-state index contributed by atoms with van der Waals surface area (Å²) in [5.41, 5.74) is 3.00. The maximum absolute atomic E-state index is 11.6. The molecule has 1 aromatic rings. The van der Waals surface area contributed by atoms with E-state index in [1.807, 2.05) is 19.1 Å². The second kappa shape index (κ2) is 5.41. The van der Waals surface area contributed by atoms with Crippen LogP contribution in [0.25, 0.3) is 0 Å². The van der Waals surface area contributed by atoms with E-state index >= 15 is 0 Å². The highest BCUT2D eigenvalue weighted by atomic mass is 79.9. The molecule has 0 spiro atoms. The molecular formula is C14H18BrNO2. The second-order valence-electron chi connectivity index (χ2n) is 4.70. The standard InChI is InChI=1S/C14H18BrNO2/c1-3-14(18)11-8-13-10(7-12(11)15)5-4-6-16(13)9(2)17/h7-8,14,18H,3-6H2,1-2H3/t14-/m1/s1. The van der Waals surface area contributed by atoms with Crippen molar-refractivity contribution in [3.63, 3.8) is 0 Å². The number of aliphatic hydroxyl groups excluding tert-OH is 1. The number of carbonyl (C=O) groups is 1. The largest absolute Gasteiger partial charge is 0.388 e. The summed E-state index contributed by atoms with van der Waals surface area (Å²) in [6, 6.07) is 3.99. The molecule has 98 valence electrons. The Bertz CT molecular complexity index is 473. The molecule has 18 heavy (non-hydrogen) atoms. The summed E-state index contributed by atoms with van der Waals surface area (Å²) in [4.78, 5) is 13.5. The van der Waals surface area contributed by atoms with Crippen molar-refractivity contribution in [3.05, 3.63) is 27.7 Å². The summed E-state index contributed by atoms with van der Waals surface area (Å²) >= 11 is 3.51. The van der Waals surface area contributed by atoms with Crippen LogP contribution in [0.2, 0.25) is 0 Å². The first-order valence-corrected chi connectivity index (χ1v) is 7.12. The molecule has 3 nitrogen and oxygen atoms in total. The Hall–Kier alpha value is -0.870. The molecule has 4 heteroatoms. The van der Waals surface area contributed by atoms with Crippen molar-refractivity contribution in [2.24, 2.45) is 0 Å². The highest BCUT2D eigenvalue weighted by Gasteiger charge is 2.22. The van der Waals surface area contributed by atoms with E-state index in [0.717, 1.165) is 35.1 Å². The molecule has 0 aromatic heterocycles. The third-order valence-corrected chi connectivity index (χ3v) is 4.13. The zero-order valence-corrected chi connectivity index (χ0v) is 12.3. The van der Waals surface area contributed by atoms with Crippen LogP contribution in [0, 0.1) is 0 Å². The fourth-order valence-electron chi connectivity index (χ4n) is 2.42. The molecule has 0 aliphatic carbocycles. The summed E-state index contributed by atoms with van der Waals surface area (Å²) in [5.74, 6) is 0.0650. The van der Waals surface area contributed by atoms with Crippen molar-refractivity contribution in [1.29, 1.82) is 0 Å². The molecule has 0 radical (unpaired) electrons. The summed E-state index contributed by atoms with van der Waals surface area (Å²) in [6.07, 6.45) is 2.16. The topological polar surface area (TPSA) is 40.5 Å². The average molecular weight is 312 g/mol. The number of benzene rings is 1. The fraction of sp³-hybridized carbons (Fsp3) is 0.500. The lowest BCUT2D eigenvalue weighted by Crippen LogP contribution is -2.33. The maximum Gasteiger partial charge on any atom is 0.223 e. The zero-order valence-electron chi connectivity index (χ0n) is 10.7. The summed E-state index contributed by atoms with van der Waals surface area (Å²) in [6.45, 7) is 4.30. The molecule has 1 atom stereocenters. The van der Waals surface area contributed by atoms with Crippen molar-refractivity contribution in [3.8, 4) is 0 Å². The van der Waals surface area contributed by atoms with E-state index in [-0.39, 0.29) is 5.91 Å². The number of aliphatic hydroxyl groups is 1. The monoisotopic (exact) mass is 311 g/mol. The van der Waals surface area contributed by atoms with Crippen molar-refractivity contribution < 1.29 is 9.90 Å². The van der Waals surface area contributed by atoms with E-state index in [2.05, 4.69) is 15.9 Å². The number of fused-ring (bicyclic) bond motifs is 1. The molecular weight excluding hydrogens is 294 g/mol. The normalized spacial score (nSPS) is 16.3. The van der Waals surface area contributed by atoms with Crippen LogP contribution >= 0.6 is 15.9 Å². The van der Waals surface area contributed by atoms with Crippen LogP contribution in [-0.4, -0.2) is 17.6 Å². The number of hydrogen-bond donors (Lipinski definition) is 1. The van der Waals surface area contributed by atoms with E-state index < -0.39 is 6.10 Å².